The number of rotatable bonds is 11. The van der Waals surface area contributed by atoms with E-state index in [0.717, 1.165) is 77.2 Å². The number of nitrogens with one attached hydrogen (secondary N) is 5. The van der Waals surface area contributed by atoms with Crippen molar-refractivity contribution in [1.29, 1.82) is 0 Å². The quantitative estimate of drug-likeness (QED) is 0.0694. The lowest BCUT2D eigenvalue weighted by molar-refractivity contribution is 0.368. The first kappa shape index (κ1) is 40.0. The number of allylic oxidation sites excluding steroid dienone is 5. The van der Waals surface area contributed by atoms with Gasteiger partial charge in [0.1, 0.15) is 11.3 Å². The van der Waals surface area contributed by atoms with Crippen LogP contribution in [0, 0.1) is 11.7 Å². The molecule has 51 heavy (non-hydrogen) atoms. The molecule has 5 aromatic rings. The van der Waals surface area contributed by atoms with E-state index >= 15 is 0 Å². The number of aromatic nitrogens is 6. The third-order valence-electron chi connectivity index (χ3n) is 8.13. The predicted octanol–water partition coefficient (Wildman–Crippen LogP) is 9.02. The Morgan fingerprint density at radius 2 is 1.75 bits per heavy atom. The minimum absolute atomic E-state index is 0.310. The molecule has 4 aromatic heterocycles. The van der Waals surface area contributed by atoms with E-state index in [-0.39, 0.29) is 5.82 Å². The highest BCUT2D eigenvalue weighted by Crippen LogP contribution is 2.32. The van der Waals surface area contributed by atoms with Crippen molar-refractivity contribution in [1.82, 2.24) is 46.1 Å². The number of H-pyrrole nitrogens is 2. The van der Waals surface area contributed by atoms with Gasteiger partial charge >= 0.3 is 0 Å². The summed E-state index contributed by atoms with van der Waals surface area (Å²) in [5, 5.41) is 17.6. The number of piperidine rings is 1. The van der Waals surface area contributed by atoms with E-state index in [1.54, 1.807) is 18.5 Å². The Balaban J connectivity index is 0.00000111. The highest BCUT2D eigenvalue weighted by Gasteiger charge is 2.18. The fourth-order valence-electron chi connectivity index (χ4n) is 5.90. The zero-order valence-electron chi connectivity index (χ0n) is 30.5. The van der Waals surface area contributed by atoms with E-state index in [9.17, 15) is 4.39 Å². The summed E-state index contributed by atoms with van der Waals surface area (Å²) in [6.07, 6.45) is 12.5. The minimum Gasteiger partial charge on any atom is -0.359 e. The van der Waals surface area contributed by atoms with Crippen molar-refractivity contribution >= 4 is 27.6 Å². The second-order valence-corrected chi connectivity index (χ2v) is 11.4. The number of nitrogens with zero attached hydrogens (tertiary/aromatic N) is 4. The fourth-order valence-corrected chi connectivity index (χ4v) is 5.90. The van der Waals surface area contributed by atoms with E-state index in [2.05, 4.69) is 75.6 Å². The standard InChI is InChI=1S/C35H38FN9.C2H6.2C2H4/c1-5-24(17-27(6-2)40-21(3)13-22-9-11-38-12-10-22)29-7-8-30-33(41-29)34(45-44-30)35-42-31-20-39-19-28(32(31)43-35)25-14-23(18-37-4)15-26(36)16-25;3*1-2/h5-8,14-17,19-20,22,37-38,40H,2-3,9-13,18H2,1,4H3,(H,42,43)(H,44,45);1-2H3;2*1-2H2/b24-5+,27-17+;;;. The van der Waals surface area contributed by atoms with E-state index in [1.807, 2.05) is 58.2 Å². The van der Waals surface area contributed by atoms with Gasteiger partial charge in [-0.25, -0.2) is 14.4 Å². The first-order valence-electron chi connectivity index (χ1n) is 17.3. The van der Waals surface area contributed by atoms with Gasteiger partial charge in [-0.2, -0.15) is 5.10 Å². The molecule has 0 spiro atoms. The number of imidazole rings is 1. The summed E-state index contributed by atoms with van der Waals surface area (Å²) in [5.41, 5.74) is 9.29. The molecule has 1 aliphatic rings. The minimum atomic E-state index is -0.310. The van der Waals surface area contributed by atoms with Crippen LogP contribution in [-0.4, -0.2) is 50.3 Å². The summed E-state index contributed by atoms with van der Waals surface area (Å²) in [7, 11) is 1.83. The first-order chi connectivity index (χ1) is 24.9. The van der Waals surface area contributed by atoms with Gasteiger partial charge < -0.3 is 20.9 Å². The van der Waals surface area contributed by atoms with Gasteiger partial charge in [-0.1, -0.05) is 33.1 Å². The summed E-state index contributed by atoms with van der Waals surface area (Å²) in [4.78, 5) is 17.7. The zero-order valence-corrected chi connectivity index (χ0v) is 30.5. The Kier molecular flexibility index (Phi) is 15.9. The van der Waals surface area contributed by atoms with Crippen molar-refractivity contribution < 1.29 is 4.39 Å². The molecule has 0 aliphatic carbocycles. The normalized spacial score (nSPS) is 13.3. The molecule has 1 aliphatic heterocycles. The number of hydrogen-bond acceptors (Lipinski definition) is 7. The molecule has 6 rings (SSSR count). The second kappa shape index (κ2) is 20.3. The van der Waals surface area contributed by atoms with Crippen LogP contribution in [0.1, 0.15) is 51.3 Å². The zero-order chi connectivity index (χ0) is 37.3. The summed E-state index contributed by atoms with van der Waals surface area (Å²) >= 11 is 0. The van der Waals surface area contributed by atoms with Crippen LogP contribution in [0.5, 0.6) is 0 Å². The van der Waals surface area contributed by atoms with Crippen LogP contribution in [0.2, 0.25) is 0 Å². The first-order valence-corrected chi connectivity index (χ1v) is 17.3. The van der Waals surface area contributed by atoms with Crippen molar-refractivity contribution in [2.75, 3.05) is 20.1 Å². The van der Waals surface area contributed by atoms with Gasteiger partial charge in [0.25, 0.3) is 0 Å². The molecule has 268 valence electrons. The molecule has 5 N–H and O–H groups in total. The smallest absolute Gasteiger partial charge is 0.161 e. The van der Waals surface area contributed by atoms with Gasteiger partial charge in [-0.05, 0) is 111 Å². The molecule has 5 heterocycles. The number of pyridine rings is 2. The molecule has 0 bridgehead atoms. The Labute approximate surface area is 301 Å². The van der Waals surface area contributed by atoms with E-state index in [1.165, 1.54) is 12.1 Å². The summed E-state index contributed by atoms with van der Waals surface area (Å²) in [6, 6.07) is 8.91. The van der Waals surface area contributed by atoms with Crippen LogP contribution in [0.4, 0.5) is 4.39 Å². The lowest BCUT2D eigenvalue weighted by atomic mass is 9.93. The summed E-state index contributed by atoms with van der Waals surface area (Å²) in [6.45, 7) is 29.0. The van der Waals surface area contributed by atoms with Crippen LogP contribution < -0.4 is 16.0 Å². The molecule has 0 saturated carbocycles. The third kappa shape index (κ3) is 10.1. The second-order valence-electron chi connectivity index (χ2n) is 11.4. The SMILES string of the molecule is C=C.C=C.C=C/C(=C\C(=C/C)c1ccc2[nH]nc(-c3nc4c(-c5cc(F)cc(CNC)c5)cncc4[nH]3)c2n1)NC(=C)CC1CCNCC1.CC. The highest BCUT2D eigenvalue weighted by atomic mass is 19.1. The largest absolute Gasteiger partial charge is 0.359 e. The number of halogens is 1. The highest BCUT2D eigenvalue weighted by molar-refractivity contribution is 5.96. The molecule has 10 heteroatoms. The average molecular weight is 690 g/mol. The van der Waals surface area contributed by atoms with E-state index in [0.29, 0.717) is 40.6 Å². The van der Waals surface area contributed by atoms with Gasteiger partial charge in [0.2, 0.25) is 0 Å². The van der Waals surface area contributed by atoms with Crippen LogP contribution in [0.3, 0.4) is 0 Å². The van der Waals surface area contributed by atoms with Crippen molar-refractivity contribution in [3.05, 3.63) is 129 Å². The molecule has 1 saturated heterocycles. The molecule has 0 atom stereocenters. The molecular weight excluding hydrogens is 638 g/mol. The summed E-state index contributed by atoms with van der Waals surface area (Å²) in [5.74, 6) is 0.870. The molecule has 0 amide bonds. The van der Waals surface area contributed by atoms with E-state index < -0.39 is 0 Å². The monoisotopic (exact) mass is 689 g/mol. The molecular formula is C41H52FN9. The topological polar surface area (TPSA) is 119 Å². The average Bonchev–Trinajstić information content (AvgIpc) is 3.80. The van der Waals surface area contributed by atoms with Crippen molar-refractivity contribution in [3.8, 4) is 22.6 Å². The van der Waals surface area contributed by atoms with Crippen LogP contribution in [0.25, 0.3) is 50.3 Å². The molecule has 0 radical (unpaired) electrons. The Bertz CT molecular complexity index is 1960. The summed E-state index contributed by atoms with van der Waals surface area (Å²) < 4.78 is 14.5. The maximum absolute atomic E-state index is 14.5. The van der Waals surface area contributed by atoms with Gasteiger partial charge in [0, 0.05) is 29.7 Å². The number of benzene rings is 1. The number of fused-ring (bicyclic) bond motifs is 2. The third-order valence-corrected chi connectivity index (χ3v) is 8.13. The van der Waals surface area contributed by atoms with Gasteiger partial charge in [-0.15, -0.1) is 26.3 Å². The van der Waals surface area contributed by atoms with Crippen molar-refractivity contribution in [2.45, 2.75) is 46.6 Å². The fraction of sp³-hybridized carbons (Fsp3) is 0.268. The van der Waals surface area contributed by atoms with Crippen LogP contribution in [0.15, 0.2) is 112 Å². The Hall–Kier alpha value is -5.45. The lowest BCUT2D eigenvalue weighted by Gasteiger charge is -2.24. The van der Waals surface area contributed by atoms with Crippen molar-refractivity contribution in [2.24, 2.45) is 5.92 Å². The molecule has 1 aromatic carbocycles. The number of aromatic amines is 2. The lowest BCUT2D eigenvalue weighted by Crippen LogP contribution is -2.28. The van der Waals surface area contributed by atoms with Crippen molar-refractivity contribution in [3.63, 3.8) is 0 Å². The maximum Gasteiger partial charge on any atom is 0.161 e. The molecule has 9 nitrogen and oxygen atoms in total. The van der Waals surface area contributed by atoms with Gasteiger partial charge in [-0.3, -0.25) is 10.1 Å². The molecule has 0 unspecified atom stereocenters. The Morgan fingerprint density at radius 1 is 1.00 bits per heavy atom. The van der Waals surface area contributed by atoms with Crippen LogP contribution >= 0.6 is 0 Å². The molecule has 1 fully saturated rings. The maximum atomic E-state index is 14.5. The van der Waals surface area contributed by atoms with E-state index in [4.69, 9.17) is 9.97 Å². The van der Waals surface area contributed by atoms with Gasteiger partial charge in [0.05, 0.1) is 28.4 Å². The van der Waals surface area contributed by atoms with Crippen LogP contribution in [-0.2, 0) is 6.54 Å². The predicted molar refractivity (Wildman–Crippen MR) is 213 cm³/mol. The van der Waals surface area contributed by atoms with Gasteiger partial charge in [0.15, 0.2) is 11.5 Å². The number of hydrogen-bond donors (Lipinski definition) is 5. The Morgan fingerprint density at radius 3 is 2.43 bits per heavy atom.